The summed E-state index contributed by atoms with van der Waals surface area (Å²) in [7, 11) is 0. The topological polar surface area (TPSA) is 43.1 Å². The highest BCUT2D eigenvalue weighted by Gasteiger charge is 2.06. The third-order valence-electron chi connectivity index (χ3n) is 1.42. The lowest BCUT2D eigenvalue weighted by atomic mass is 10.2. The molecule has 0 spiro atoms. The van der Waals surface area contributed by atoms with Gasteiger partial charge in [-0.15, -0.1) is 0 Å². The molecule has 0 aliphatic heterocycles. The fourth-order valence-corrected chi connectivity index (χ4v) is 0.957. The van der Waals surface area contributed by atoms with E-state index in [1.54, 1.807) is 0 Å². The van der Waals surface area contributed by atoms with E-state index < -0.39 is 16.6 Å². The van der Waals surface area contributed by atoms with Crippen LogP contribution in [0.5, 0.6) is 0 Å². The molecule has 0 aliphatic carbocycles. The minimum Gasteiger partial charge on any atom is -0.259 e. The highest BCUT2D eigenvalue weighted by molar-refractivity contribution is 6.30. The minimum absolute atomic E-state index is 0.219. The maximum Gasteiger partial charge on any atom is 0.235 e. The van der Waals surface area contributed by atoms with E-state index in [1.165, 1.54) is 0 Å². The van der Waals surface area contributed by atoms with Crippen LogP contribution in [0.1, 0.15) is 5.56 Å². The van der Waals surface area contributed by atoms with Gasteiger partial charge in [0.2, 0.25) is 6.20 Å². The van der Waals surface area contributed by atoms with Crippen molar-refractivity contribution in [1.29, 1.82) is 0 Å². The van der Waals surface area contributed by atoms with E-state index in [0.717, 1.165) is 18.2 Å². The third kappa shape index (κ3) is 2.50. The van der Waals surface area contributed by atoms with Gasteiger partial charge in [0.25, 0.3) is 0 Å². The van der Waals surface area contributed by atoms with E-state index in [2.05, 4.69) is 0 Å². The standard InChI is InChI=1S/C8H4ClF2NO2/c9-6-4-7(10)5(3-8(6)11)1-2-12(13)14/h1-4H/b2-1+. The lowest BCUT2D eigenvalue weighted by Gasteiger charge is -1.97. The summed E-state index contributed by atoms with van der Waals surface area (Å²) in [6.07, 6.45) is 1.38. The van der Waals surface area contributed by atoms with Crippen LogP contribution in [0.2, 0.25) is 5.02 Å². The van der Waals surface area contributed by atoms with Crippen LogP contribution in [-0.2, 0) is 0 Å². The Hall–Kier alpha value is -1.49. The van der Waals surface area contributed by atoms with Gasteiger partial charge in [0.05, 0.1) is 9.95 Å². The first-order valence-corrected chi connectivity index (χ1v) is 3.84. The Morgan fingerprint density at radius 3 is 2.57 bits per heavy atom. The average molecular weight is 220 g/mol. The Kier molecular flexibility index (Phi) is 3.14. The van der Waals surface area contributed by atoms with Gasteiger partial charge < -0.3 is 0 Å². The number of halogens is 3. The van der Waals surface area contributed by atoms with Crippen LogP contribution in [-0.4, -0.2) is 4.92 Å². The molecule has 0 heterocycles. The van der Waals surface area contributed by atoms with Crippen LogP contribution in [0.3, 0.4) is 0 Å². The van der Waals surface area contributed by atoms with Crippen molar-refractivity contribution >= 4 is 17.7 Å². The van der Waals surface area contributed by atoms with E-state index in [9.17, 15) is 18.9 Å². The largest absolute Gasteiger partial charge is 0.259 e. The van der Waals surface area contributed by atoms with Gasteiger partial charge in [-0.2, -0.15) is 0 Å². The smallest absolute Gasteiger partial charge is 0.235 e. The molecular weight excluding hydrogens is 216 g/mol. The van der Waals surface area contributed by atoms with Crippen LogP contribution in [0.15, 0.2) is 18.3 Å². The van der Waals surface area contributed by atoms with E-state index in [0.29, 0.717) is 6.20 Å². The van der Waals surface area contributed by atoms with Crippen LogP contribution >= 0.6 is 11.6 Å². The van der Waals surface area contributed by atoms with Crippen molar-refractivity contribution in [1.82, 2.24) is 0 Å². The second kappa shape index (κ2) is 4.15. The molecule has 3 nitrogen and oxygen atoms in total. The molecule has 0 amide bonds. The Morgan fingerprint density at radius 1 is 1.36 bits per heavy atom. The number of nitro groups is 1. The summed E-state index contributed by atoms with van der Waals surface area (Å²) in [6, 6.07) is 1.55. The molecule has 0 radical (unpaired) electrons. The third-order valence-corrected chi connectivity index (χ3v) is 1.71. The van der Waals surface area contributed by atoms with Gasteiger partial charge >= 0.3 is 0 Å². The van der Waals surface area contributed by atoms with Gasteiger partial charge in [-0.25, -0.2) is 8.78 Å². The maximum atomic E-state index is 13.0. The normalized spacial score (nSPS) is 10.8. The van der Waals surface area contributed by atoms with Gasteiger partial charge in [0, 0.05) is 11.6 Å². The maximum absolute atomic E-state index is 13.0. The fourth-order valence-electron chi connectivity index (χ4n) is 0.807. The van der Waals surface area contributed by atoms with Crippen molar-refractivity contribution in [3.8, 4) is 0 Å². The summed E-state index contributed by atoms with van der Waals surface area (Å²) in [5.74, 6) is -1.63. The SMILES string of the molecule is O=[N+]([O-])/C=C/c1cc(F)c(Cl)cc1F. The zero-order valence-electron chi connectivity index (χ0n) is 6.71. The molecule has 0 fully saturated rings. The second-order valence-corrected chi connectivity index (χ2v) is 2.80. The number of nitrogens with zero attached hydrogens (tertiary/aromatic N) is 1. The molecule has 6 heteroatoms. The molecule has 0 aliphatic rings. The lowest BCUT2D eigenvalue weighted by molar-refractivity contribution is -0.400. The second-order valence-electron chi connectivity index (χ2n) is 2.39. The summed E-state index contributed by atoms with van der Waals surface area (Å²) in [5.41, 5.74) is -0.219. The van der Waals surface area contributed by atoms with Gasteiger partial charge in [-0.3, -0.25) is 10.1 Å². The molecule has 74 valence electrons. The van der Waals surface area contributed by atoms with Gasteiger partial charge in [-0.1, -0.05) is 11.6 Å². The quantitative estimate of drug-likeness (QED) is 0.436. The van der Waals surface area contributed by atoms with E-state index in [-0.39, 0.29) is 10.6 Å². The summed E-state index contributed by atoms with van der Waals surface area (Å²) < 4.78 is 25.7. The van der Waals surface area contributed by atoms with Crippen LogP contribution in [0, 0.1) is 21.7 Å². The van der Waals surface area contributed by atoms with Crippen molar-refractivity contribution in [3.05, 3.63) is 50.7 Å². The van der Waals surface area contributed by atoms with Crippen molar-refractivity contribution in [2.24, 2.45) is 0 Å². The Labute approximate surface area is 82.8 Å². The zero-order valence-corrected chi connectivity index (χ0v) is 7.46. The summed E-state index contributed by atoms with van der Waals surface area (Å²) in [5, 5.41) is 9.55. The number of hydrogen-bond acceptors (Lipinski definition) is 2. The molecular formula is C8H4ClF2NO2. The first-order chi connectivity index (χ1) is 6.50. The molecule has 0 saturated heterocycles. The highest BCUT2D eigenvalue weighted by Crippen LogP contribution is 2.20. The summed E-state index contributed by atoms with van der Waals surface area (Å²) in [6.45, 7) is 0. The molecule has 0 atom stereocenters. The summed E-state index contributed by atoms with van der Waals surface area (Å²) in [4.78, 5) is 9.14. The predicted molar refractivity (Wildman–Crippen MR) is 47.4 cm³/mol. The molecule has 1 aromatic carbocycles. The lowest BCUT2D eigenvalue weighted by Crippen LogP contribution is -1.88. The summed E-state index contributed by atoms with van der Waals surface area (Å²) >= 11 is 5.28. The highest BCUT2D eigenvalue weighted by atomic mass is 35.5. The fraction of sp³-hybridized carbons (Fsp3) is 0. The van der Waals surface area contributed by atoms with Crippen LogP contribution < -0.4 is 0 Å². The minimum atomic E-state index is -0.823. The van der Waals surface area contributed by atoms with Crippen molar-refractivity contribution in [2.45, 2.75) is 0 Å². The van der Waals surface area contributed by atoms with Crippen LogP contribution in [0.25, 0.3) is 6.08 Å². The van der Waals surface area contributed by atoms with E-state index >= 15 is 0 Å². The van der Waals surface area contributed by atoms with Crippen molar-refractivity contribution in [2.75, 3.05) is 0 Å². The van der Waals surface area contributed by atoms with E-state index in [1.807, 2.05) is 0 Å². The number of hydrogen-bond donors (Lipinski definition) is 0. The van der Waals surface area contributed by atoms with E-state index in [4.69, 9.17) is 11.6 Å². The zero-order chi connectivity index (χ0) is 10.7. The average Bonchev–Trinajstić information content (AvgIpc) is 2.09. The molecule has 0 bridgehead atoms. The first kappa shape index (κ1) is 10.6. The number of rotatable bonds is 2. The first-order valence-electron chi connectivity index (χ1n) is 3.47. The Bertz CT molecular complexity index is 407. The molecule has 0 saturated carbocycles. The van der Waals surface area contributed by atoms with Crippen molar-refractivity contribution < 1.29 is 13.7 Å². The van der Waals surface area contributed by atoms with Crippen molar-refractivity contribution in [3.63, 3.8) is 0 Å². The van der Waals surface area contributed by atoms with Crippen LogP contribution in [0.4, 0.5) is 8.78 Å². The van der Waals surface area contributed by atoms with Gasteiger partial charge in [0.1, 0.15) is 11.6 Å². The monoisotopic (exact) mass is 219 g/mol. The Morgan fingerprint density at radius 2 is 2.00 bits per heavy atom. The molecule has 0 unspecified atom stereocenters. The van der Waals surface area contributed by atoms with Gasteiger partial charge in [0.15, 0.2) is 0 Å². The molecule has 14 heavy (non-hydrogen) atoms. The molecule has 1 rings (SSSR count). The molecule has 0 N–H and O–H groups in total. The Balaban J connectivity index is 3.10. The predicted octanol–water partition coefficient (Wildman–Crippen LogP) is 2.87. The van der Waals surface area contributed by atoms with Gasteiger partial charge in [-0.05, 0) is 12.1 Å². The number of benzene rings is 1. The molecule has 0 aromatic heterocycles. The molecule has 1 aromatic rings.